The molecule has 36 heavy (non-hydrogen) atoms. The zero-order valence-electron chi connectivity index (χ0n) is 19.2. The second-order valence-electron chi connectivity index (χ2n) is 7.40. The van der Waals surface area contributed by atoms with E-state index in [9.17, 15) is 23.4 Å². The number of aromatic amines is 2. The highest BCUT2D eigenvalue weighted by Gasteiger charge is 2.26. The summed E-state index contributed by atoms with van der Waals surface area (Å²) in [5, 5.41) is 10.7. The van der Waals surface area contributed by atoms with Gasteiger partial charge in [0, 0.05) is 11.4 Å². The summed E-state index contributed by atoms with van der Waals surface area (Å²) >= 11 is 0. The number of hydroxylamine groups is 1. The summed E-state index contributed by atoms with van der Waals surface area (Å²) in [4.78, 5) is 56.4. The number of ether oxygens (including phenoxy) is 1. The van der Waals surface area contributed by atoms with E-state index in [0.29, 0.717) is 23.5 Å². The Kier molecular flexibility index (Phi) is 9.14. The van der Waals surface area contributed by atoms with Crippen molar-refractivity contribution in [2.75, 3.05) is 13.2 Å². The van der Waals surface area contributed by atoms with Crippen LogP contribution < -0.4 is 26.8 Å². The summed E-state index contributed by atoms with van der Waals surface area (Å²) in [6.07, 6.45) is 2.12. The number of aromatic nitrogens is 4. The van der Waals surface area contributed by atoms with Crippen LogP contribution in [0.15, 0.2) is 45.1 Å². The molecule has 0 bridgehead atoms. The second kappa shape index (κ2) is 12.5. The predicted octanol–water partition coefficient (Wildman–Crippen LogP) is 0.225. The zero-order valence-corrected chi connectivity index (χ0v) is 20.0. The highest BCUT2D eigenvalue weighted by molar-refractivity contribution is 7.86. The predicted molar refractivity (Wildman–Crippen MR) is 129 cm³/mol. The Morgan fingerprint density at radius 1 is 1.22 bits per heavy atom. The number of carbonyl (C=O) groups excluding carboxylic acids is 2. The fourth-order valence-electron chi connectivity index (χ4n) is 3.26. The molecular weight excluding hydrogens is 492 g/mol. The van der Waals surface area contributed by atoms with Gasteiger partial charge in [-0.2, -0.15) is 0 Å². The third-order valence-electron chi connectivity index (χ3n) is 5.03. The lowest BCUT2D eigenvalue weighted by molar-refractivity contribution is -0.128. The van der Waals surface area contributed by atoms with Gasteiger partial charge in [0.15, 0.2) is 11.2 Å². The molecule has 190 valence electrons. The van der Waals surface area contributed by atoms with Crippen molar-refractivity contribution in [1.82, 2.24) is 30.3 Å². The monoisotopic (exact) mass is 516 g/mol. The van der Waals surface area contributed by atoms with E-state index in [-0.39, 0.29) is 30.7 Å². The number of hydrogen-bond acceptors (Lipinski definition) is 8. The second-order valence-corrected chi connectivity index (χ2v) is 9.03. The molecule has 0 saturated carbocycles. The molecule has 0 saturated heterocycles. The highest BCUT2D eigenvalue weighted by atomic mass is 32.2. The first-order valence-electron chi connectivity index (χ1n) is 10.8. The van der Waals surface area contributed by atoms with E-state index in [2.05, 4.69) is 27.1 Å². The van der Waals surface area contributed by atoms with Crippen LogP contribution in [0.25, 0.3) is 11.2 Å². The van der Waals surface area contributed by atoms with E-state index in [1.807, 2.05) is 4.98 Å². The third-order valence-corrected chi connectivity index (χ3v) is 6.74. The van der Waals surface area contributed by atoms with Crippen LogP contribution in [-0.2, 0) is 15.6 Å². The Hall–Kier alpha value is -4.22. The number of rotatable bonds is 10. The molecule has 3 rings (SSSR count). The van der Waals surface area contributed by atoms with Crippen LogP contribution in [0.4, 0.5) is 4.79 Å². The molecule has 0 fully saturated rings. The van der Waals surface area contributed by atoms with Gasteiger partial charge in [0.2, 0.25) is 0 Å². The van der Waals surface area contributed by atoms with Crippen molar-refractivity contribution in [3.8, 4) is 17.6 Å². The molecule has 0 aliphatic heterocycles. The molecule has 2 heterocycles. The number of nitrogens with one attached hydrogen (secondary N) is 4. The van der Waals surface area contributed by atoms with Crippen LogP contribution in [0.3, 0.4) is 0 Å². The molecule has 2 aromatic heterocycles. The summed E-state index contributed by atoms with van der Waals surface area (Å²) in [5.41, 5.74) is -0.0447. The number of nitrogens with zero attached hydrogens (tertiary/aromatic N) is 2. The number of hydrogen-bond donors (Lipinski definition) is 5. The van der Waals surface area contributed by atoms with Gasteiger partial charge in [-0.1, -0.05) is 5.92 Å². The summed E-state index contributed by atoms with van der Waals surface area (Å²) in [5.74, 6) is 5.23. The van der Waals surface area contributed by atoms with Gasteiger partial charge >= 0.3 is 11.7 Å². The number of imidazole rings is 1. The molecule has 3 aromatic rings. The molecule has 2 unspecified atom stereocenters. The Morgan fingerprint density at radius 3 is 2.67 bits per heavy atom. The van der Waals surface area contributed by atoms with E-state index < -0.39 is 39.2 Å². The van der Waals surface area contributed by atoms with Crippen molar-refractivity contribution >= 4 is 33.9 Å². The molecule has 0 aliphatic rings. The summed E-state index contributed by atoms with van der Waals surface area (Å²) < 4.78 is 19.4. The lowest BCUT2D eigenvalue weighted by Crippen LogP contribution is -2.36. The summed E-state index contributed by atoms with van der Waals surface area (Å²) in [6, 6.07) is 5.78. The van der Waals surface area contributed by atoms with Crippen LogP contribution >= 0.6 is 0 Å². The van der Waals surface area contributed by atoms with Crippen LogP contribution in [-0.4, -0.2) is 59.3 Å². The average molecular weight is 517 g/mol. The lowest BCUT2D eigenvalue weighted by Gasteiger charge is -2.15. The van der Waals surface area contributed by atoms with Gasteiger partial charge in [-0.25, -0.2) is 24.6 Å². The molecule has 2 atom stereocenters. The van der Waals surface area contributed by atoms with Crippen LogP contribution in [0.5, 0.6) is 5.75 Å². The van der Waals surface area contributed by atoms with E-state index in [0.717, 1.165) is 10.9 Å². The van der Waals surface area contributed by atoms with Gasteiger partial charge in [-0.3, -0.25) is 29.0 Å². The first-order valence-corrected chi connectivity index (χ1v) is 12.0. The Morgan fingerprint density at radius 2 is 1.97 bits per heavy atom. The van der Waals surface area contributed by atoms with Gasteiger partial charge in [0.05, 0.1) is 10.8 Å². The first-order chi connectivity index (χ1) is 17.3. The Labute approximate surface area is 206 Å². The maximum absolute atomic E-state index is 13.0. The van der Waals surface area contributed by atoms with E-state index in [1.165, 1.54) is 0 Å². The quantitative estimate of drug-likeness (QED) is 0.109. The topological polar surface area (TPSA) is 188 Å². The lowest BCUT2D eigenvalue weighted by atomic mass is 10.2. The number of fused-ring (bicyclic) bond motifs is 1. The van der Waals surface area contributed by atoms with Crippen molar-refractivity contribution in [3.63, 3.8) is 0 Å². The fourth-order valence-corrected chi connectivity index (χ4v) is 4.62. The summed E-state index contributed by atoms with van der Waals surface area (Å²) in [6.45, 7) is 2.11. The minimum absolute atomic E-state index is 0.0361. The van der Waals surface area contributed by atoms with Crippen LogP contribution in [0.1, 0.15) is 26.2 Å². The fraction of sp³-hybridized carbons (Fsp3) is 0.318. The van der Waals surface area contributed by atoms with E-state index >= 15 is 0 Å². The minimum Gasteiger partial charge on any atom is -0.481 e. The van der Waals surface area contributed by atoms with E-state index in [1.54, 1.807) is 36.7 Å². The molecule has 13 nitrogen and oxygen atoms in total. The largest absolute Gasteiger partial charge is 0.481 e. The molecule has 2 amide bonds. The molecule has 0 aliphatic carbocycles. The van der Waals surface area contributed by atoms with Crippen LogP contribution in [0.2, 0.25) is 0 Å². The summed E-state index contributed by atoms with van der Waals surface area (Å²) in [7, 11) is -1.75. The first kappa shape index (κ1) is 26.4. The van der Waals surface area contributed by atoms with E-state index in [4.69, 9.17) is 9.94 Å². The number of H-pyrrole nitrogens is 2. The third kappa shape index (κ3) is 6.46. The van der Waals surface area contributed by atoms with Gasteiger partial charge < -0.3 is 10.1 Å². The number of carbonyl (C=O) groups is 2. The zero-order chi connectivity index (χ0) is 26.1. The normalized spacial score (nSPS) is 12.3. The SMILES string of the molecule is CC#CCOc1ccc(S(=O)C(CCCCNC(=O)n2cnc3c(=O)[nH]c(=O)[nH]c32)C(=O)NO)cc1. The molecule has 1 aromatic carbocycles. The van der Waals surface area contributed by atoms with Gasteiger partial charge in [0.25, 0.3) is 11.5 Å². The average Bonchev–Trinajstić information content (AvgIpc) is 3.30. The van der Waals surface area contributed by atoms with Crippen molar-refractivity contribution < 1.29 is 23.7 Å². The molecule has 14 heteroatoms. The molecule has 5 N–H and O–H groups in total. The molecule has 0 radical (unpaired) electrons. The van der Waals surface area contributed by atoms with Gasteiger partial charge in [-0.15, -0.1) is 5.92 Å². The Balaban J connectivity index is 1.54. The highest BCUT2D eigenvalue weighted by Crippen LogP contribution is 2.20. The van der Waals surface area contributed by atoms with Gasteiger partial charge in [0.1, 0.15) is 23.9 Å². The molecular formula is C22H24N6O7S. The van der Waals surface area contributed by atoms with Crippen molar-refractivity contribution in [1.29, 1.82) is 0 Å². The standard InChI is InChI=1S/C22H24N6O7S/c1-2-3-12-35-14-7-9-15(10-8-14)36(34)16(19(29)27-33)6-4-5-11-23-22(32)28-13-24-17-18(28)25-21(31)26-20(17)30/h7-10,13,16,33H,4-6,11-12H2,1H3,(H,23,32)(H,27,29)(H2,25,26,30,31). The number of benzene rings is 1. The molecule has 0 spiro atoms. The Bertz CT molecular complexity index is 1430. The number of amides is 2. The van der Waals surface area contributed by atoms with Crippen LogP contribution in [0, 0.1) is 11.8 Å². The minimum atomic E-state index is -1.75. The number of unbranched alkanes of at least 4 members (excludes halogenated alkanes) is 1. The maximum atomic E-state index is 13.0. The maximum Gasteiger partial charge on any atom is 0.328 e. The van der Waals surface area contributed by atoms with Gasteiger partial charge in [-0.05, 0) is 50.5 Å². The van der Waals surface area contributed by atoms with Crippen molar-refractivity contribution in [2.45, 2.75) is 36.3 Å². The van der Waals surface area contributed by atoms with Crippen molar-refractivity contribution in [2.24, 2.45) is 0 Å². The smallest absolute Gasteiger partial charge is 0.328 e. The van der Waals surface area contributed by atoms with Crippen molar-refractivity contribution in [3.05, 3.63) is 51.4 Å².